The van der Waals surface area contributed by atoms with Crippen molar-refractivity contribution in [3.05, 3.63) is 41.7 Å². The number of benzene rings is 1. The second-order valence-electron chi connectivity index (χ2n) is 4.95. The summed E-state index contributed by atoms with van der Waals surface area (Å²) in [5, 5.41) is 20.0. The molecule has 1 fully saturated rings. The van der Waals surface area contributed by atoms with Crippen molar-refractivity contribution in [3.8, 4) is 5.69 Å². The topological polar surface area (TPSA) is 79.2 Å². The fourth-order valence-electron chi connectivity index (χ4n) is 2.36. The molecule has 21 heavy (non-hydrogen) atoms. The lowest BCUT2D eigenvalue weighted by Crippen LogP contribution is -2.35. The van der Waals surface area contributed by atoms with E-state index in [1.807, 2.05) is 0 Å². The number of aliphatic hydroxyl groups is 1. The number of aliphatic hydroxyl groups excluding tert-OH is 1. The summed E-state index contributed by atoms with van der Waals surface area (Å²) >= 11 is 6.01. The van der Waals surface area contributed by atoms with Gasteiger partial charge in [0.2, 0.25) is 5.91 Å². The molecule has 0 saturated carbocycles. The van der Waals surface area contributed by atoms with E-state index in [0.29, 0.717) is 23.7 Å². The van der Waals surface area contributed by atoms with Gasteiger partial charge in [0.05, 0.1) is 23.5 Å². The molecule has 1 aromatic heterocycles. The summed E-state index contributed by atoms with van der Waals surface area (Å²) < 4.78 is 1.66. The van der Waals surface area contributed by atoms with Crippen LogP contribution >= 0.6 is 11.6 Å². The van der Waals surface area contributed by atoms with Crippen LogP contribution in [-0.2, 0) is 4.79 Å². The molecule has 0 aliphatic carbocycles. The number of nitrogens with zero attached hydrogens (tertiary/aromatic N) is 2. The minimum atomic E-state index is -0.481. The lowest BCUT2D eigenvalue weighted by molar-refractivity contribution is -0.117. The Morgan fingerprint density at radius 2 is 2.38 bits per heavy atom. The zero-order valence-corrected chi connectivity index (χ0v) is 11.9. The third-order valence-corrected chi connectivity index (χ3v) is 3.63. The van der Waals surface area contributed by atoms with Crippen LogP contribution in [0.2, 0.25) is 5.02 Å². The number of anilines is 1. The maximum atomic E-state index is 12.2. The predicted octanol–water partition coefficient (Wildman–Crippen LogP) is 1.19. The predicted molar refractivity (Wildman–Crippen MR) is 79.6 cm³/mol. The molecule has 2 heterocycles. The largest absolute Gasteiger partial charge is 0.392 e. The second kappa shape index (κ2) is 5.85. The second-order valence-corrected chi connectivity index (χ2v) is 5.39. The van der Waals surface area contributed by atoms with Crippen molar-refractivity contribution in [1.82, 2.24) is 15.1 Å². The zero-order valence-electron chi connectivity index (χ0n) is 11.2. The number of carbonyl (C=O) groups is 1. The molecule has 1 amide bonds. The first kappa shape index (κ1) is 14.1. The molecule has 1 aliphatic heterocycles. The van der Waals surface area contributed by atoms with E-state index in [0.717, 1.165) is 5.69 Å². The smallest absolute Gasteiger partial charge is 0.241 e. The average molecular weight is 307 g/mol. The highest BCUT2D eigenvalue weighted by molar-refractivity contribution is 6.31. The molecule has 2 unspecified atom stereocenters. The van der Waals surface area contributed by atoms with Crippen LogP contribution in [0.4, 0.5) is 5.69 Å². The molecule has 0 radical (unpaired) electrons. The van der Waals surface area contributed by atoms with Crippen LogP contribution in [0.25, 0.3) is 5.69 Å². The fraction of sp³-hybridized carbons (Fsp3) is 0.286. The molecule has 2 aromatic rings. The van der Waals surface area contributed by atoms with E-state index in [1.54, 1.807) is 41.3 Å². The molecule has 3 rings (SSSR count). The summed E-state index contributed by atoms with van der Waals surface area (Å²) in [4.78, 5) is 12.2. The van der Waals surface area contributed by atoms with Gasteiger partial charge in [-0.3, -0.25) is 4.79 Å². The standard InChI is InChI=1S/C14H15ClN4O2/c15-9-2-3-13(19-5-1-4-17-19)11(6-9)18-14(21)12-7-10(20)8-16-12/h1-6,10,12,16,20H,7-8H2,(H,18,21). The summed E-state index contributed by atoms with van der Waals surface area (Å²) in [5.41, 5.74) is 1.32. The van der Waals surface area contributed by atoms with Crippen LogP contribution in [0.5, 0.6) is 0 Å². The fourth-order valence-corrected chi connectivity index (χ4v) is 2.53. The Kier molecular flexibility index (Phi) is 3.92. The Labute approximate surface area is 126 Å². The van der Waals surface area contributed by atoms with E-state index in [-0.39, 0.29) is 5.91 Å². The minimum absolute atomic E-state index is 0.192. The van der Waals surface area contributed by atoms with E-state index in [9.17, 15) is 9.90 Å². The molecule has 6 nitrogen and oxygen atoms in total. The first-order valence-corrected chi connectivity index (χ1v) is 7.03. The van der Waals surface area contributed by atoms with Crippen LogP contribution in [-0.4, -0.2) is 39.5 Å². The van der Waals surface area contributed by atoms with Gasteiger partial charge in [0.25, 0.3) is 0 Å². The number of rotatable bonds is 3. The molecule has 0 spiro atoms. The molecular weight excluding hydrogens is 292 g/mol. The van der Waals surface area contributed by atoms with Crippen LogP contribution < -0.4 is 10.6 Å². The van der Waals surface area contributed by atoms with Crippen molar-refractivity contribution in [1.29, 1.82) is 0 Å². The highest BCUT2D eigenvalue weighted by atomic mass is 35.5. The van der Waals surface area contributed by atoms with Crippen molar-refractivity contribution in [2.75, 3.05) is 11.9 Å². The maximum absolute atomic E-state index is 12.2. The number of amides is 1. The van der Waals surface area contributed by atoms with E-state index in [2.05, 4.69) is 15.7 Å². The monoisotopic (exact) mass is 306 g/mol. The van der Waals surface area contributed by atoms with Gasteiger partial charge in [0.15, 0.2) is 0 Å². The maximum Gasteiger partial charge on any atom is 0.241 e. The number of halogens is 1. The third-order valence-electron chi connectivity index (χ3n) is 3.39. The minimum Gasteiger partial charge on any atom is -0.392 e. The summed E-state index contributed by atoms with van der Waals surface area (Å²) in [6.45, 7) is 0.430. The Balaban J connectivity index is 1.84. The molecule has 3 N–H and O–H groups in total. The van der Waals surface area contributed by atoms with Gasteiger partial charge in [0.1, 0.15) is 0 Å². The van der Waals surface area contributed by atoms with Crippen molar-refractivity contribution < 1.29 is 9.90 Å². The van der Waals surface area contributed by atoms with Crippen LogP contribution in [0.1, 0.15) is 6.42 Å². The quantitative estimate of drug-likeness (QED) is 0.796. The molecule has 7 heteroatoms. The first-order valence-electron chi connectivity index (χ1n) is 6.65. The Morgan fingerprint density at radius 1 is 1.52 bits per heavy atom. The van der Waals surface area contributed by atoms with Gasteiger partial charge in [-0.1, -0.05) is 11.6 Å². The van der Waals surface area contributed by atoms with Crippen molar-refractivity contribution in [3.63, 3.8) is 0 Å². The Bertz CT molecular complexity index is 644. The molecule has 1 saturated heterocycles. The number of aromatic nitrogens is 2. The Morgan fingerprint density at radius 3 is 3.05 bits per heavy atom. The van der Waals surface area contributed by atoms with Crippen molar-refractivity contribution in [2.45, 2.75) is 18.6 Å². The zero-order chi connectivity index (χ0) is 14.8. The van der Waals surface area contributed by atoms with Gasteiger partial charge < -0.3 is 15.7 Å². The van der Waals surface area contributed by atoms with E-state index in [1.165, 1.54) is 0 Å². The van der Waals surface area contributed by atoms with Crippen LogP contribution in [0, 0.1) is 0 Å². The van der Waals surface area contributed by atoms with E-state index >= 15 is 0 Å². The van der Waals surface area contributed by atoms with Crippen LogP contribution in [0.3, 0.4) is 0 Å². The highest BCUT2D eigenvalue weighted by Crippen LogP contribution is 2.24. The van der Waals surface area contributed by atoms with Gasteiger partial charge in [-0.25, -0.2) is 4.68 Å². The Hall–Kier alpha value is -1.89. The number of β-amino-alcohol motifs (C(OH)–C–C–N with tert-alkyl or cyclic N) is 1. The summed E-state index contributed by atoms with van der Waals surface area (Å²) in [5.74, 6) is -0.192. The van der Waals surface area contributed by atoms with Gasteiger partial charge >= 0.3 is 0 Å². The lowest BCUT2D eigenvalue weighted by atomic mass is 10.2. The lowest BCUT2D eigenvalue weighted by Gasteiger charge is -2.14. The normalized spacial score (nSPS) is 21.4. The number of carbonyl (C=O) groups excluding carboxylic acids is 1. The van der Waals surface area contributed by atoms with Crippen LogP contribution in [0.15, 0.2) is 36.7 Å². The van der Waals surface area contributed by atoms with Gasteiger partial charge in [-0.15, -0.1) is 0 Å². The average Bonchev–Trinajstić information content (AvgIpc) is 3.10. The molecule has 1 aromatic carbocycles. The van der Waals surface area contributed by atoms with Gasteiger partial charge in [-0.2, -0.15) is 5.10 Å². The molecule has 110 valence electrons. The van der Waals surface area contributed by atoms with E-state index in [4.69, 9.17) is 11.6 Å². The molecule has 2 atom stereocenters. The number of hydrogen-bond donors (Lipinski definition) is 3. The summed E-state index contributed by atoms with van der Waals surface area (Å²) in [7, 11) is 0. The van der Waals surface area contributed by atoms with Crippen molar-refractivity contribution >= 4 is 23.2 Å². The first-order chi connectivity index (χ1) is 10.1. The van der Waals surface area contributed by atoms with Crippen molar-refractivity contribution in [2.24, 2.45) is 0 Å². The molecule has 0 bridgehead atoms. The molecular formula is C14H15ClN4O2. The number of nitrogens with one attached hydrogen (secondary N) is 2. The van der Waals surface area contributed by atoms with E-state index < -0.39 is 12.1 Å². The molecule has 1 aliphatic rings. The number of hydrogen-bond acceptors (Lipinski definition) is 4. The van der Waals surface area contributed by atoms with Gasteiger partial charge in [-0.05, 0) is 30.7 Å². The summed E-state index contributed by atoms with van der Waals surface area (Å²) in [6, 6.07) is 6.62. The highest BCUT2D eigenvalue weighted by Gasteiger charge is 2.28. The third kappa shape index (κ3) is 3.07. The summed E-state index contributed by atoms with van der Waals surface area (Å²) in [6.07, 6.45) is 3.38. The SMILES string of the molecule is O=C(Nc1cc(Cl)ccc1-n1cccn1)C1CC(O)CN1. The van der Waals surface area contributed by atoms with Gasteiger partial charge in [0, 0.05) is 24.0 Å².